The highest BCUT2D eigenvalue weighted by atomic mass is 16.1. The van der Waals surface area contributed by atoms with Crippen LogP contribution in [0, 0.1) is 0 Å². The predicted octanol–water partition coefficient (Wildman–Crippen LogP) is 0.458. The first-order chi connectivity index (χ1) is 9.34. The van der Waals surface area contributed by atoms with Gasteiger partial charge in [-0.25, -0.2) is 0 Å². The standard InChI is InChI=1S/C14H22N4O/c19-14(13-2-1-8-18(13)12-3-4-12)16-7-11-17-9-5-15-6-10-17/h1-2,8,12,15H,3-7,9-11H2,(H,16,19). The van der Waals surface area contributed by atoms with Crippen LogP contribution in [0.15, 0.2) is 18.3 Å². The Hall–Kier alpha value is -1.33. The Morgan fingerprint density at radius 3 is 2.89 bits per heavy atom. The fourth-order valence-corrected chi connectivity index (χ4v) is 2.61. The van der Waals surface area contributed by atoms with Crippen LogP contribution >= 0.6 is 0 Å². The molecule has 1 aromatic rings. The number of nitrogens with one attached hydrogen (secondary N) is 2. The molecule has 5 nitrogen and oxygen atoms in total. The molecule has 2 heterocycles. The number of amides is 1. The van der Waals surface area contributed by atoms with Gasteiger partial charge in [0.15, 0.2) is 0 Å². The van der Waals surface area contributed by atoms with Crippen molar-refractivity contribution in [3.05, 3.63) is 24.0 Å². The minimum Gasteiger partial charge on any atom is -0.349 e. The van der Waals surface area contributed by atoms with E-state index in [1.54, 1.807) is 0 Å². The van der Waals surface area contributed by atoms with Crippen molar-refractivity contribution in [2.45, 2.75) is 18.9 Å². The van der Waals surface area contributed by atoms with Crippen molar-refractivity contribution in [1.82, 2.24) is 20.1 Å². The van der Waals surface area contributed by atoms with Crippen LogP contribution < -0.4 is 10.6 Å². The van der Waals surface area contributed by atoms with Crippen molar-refractivity contribution < 1.29 is 4.79 Å². The highest BCUT2D eigenvalue weighted by Gasteiger charge is 2.26. The van der Waals surface area contributed by atoms with Crippen LogP contribution in [0.25, 0.3) is 0 Å². The van der Waals surface area contributed by atoms with Crippen molar-refractivity contribution in [2.24, 2.45) is 0 Å². The molecule has 0 spiro atoms. The van der Waals surface area contributed by atoms with Gasteiger partial charge in [0.2, 0.25) is 0 Å². The number of hydrogen-bond donors (Lipinski definition) is 2. The van der Waals surface area contributed by atoms with Crippen LogP contribution in [0.1, 0.15) is 29.4 Å². The number of piperazine rings is 1. The van der Waals surface area contributed by atoms with E-state index >= 15 is 0 Å². The first-order valence-corrected chi connectivity index (χ1v) is 7.23. The van der Waals surface area contributed by atoms with Gasteiger partial charge >= 0.3 is 0 Å². The summed E-state index contributed by atoms with van der Waals surface area (Å²) in [5, 5.41) is 6.36. The maximum absolute atomic E-state index is 12.1. The van der Waals surface area contributed by atoms with Crippen molar-refractivity contribution >= 4 is 5.91 Å². The molecule has 104 valence electrons. The van der Waals surface area contributed by atoms with Gasteiger partial charge in [-0.05, 0) is 25.0 Å². The van der Waals surface area contributed by atoms with Crippen LogP contribution in [0.4, 0.5) is 0 Å². The minimum atomic E-state index is 0.0621. The second-order valence-corrected chi connectivity index (χ2v) is 5.38. The highest BCUT2D eigenvalue weighted by Crippen LogP contribution is 2.35. The van der Waals surface area contributed by atoms with Crippen molar-refractivity contribution in [2.75, 3.05) is 39.3 Å². The first kappa shape index (κ1) is 12.7. The topological polar surface area (TPSA) is 49.3 Å². The van der Waals surface area contributed by atoms with Crippen LogP contribution in [-0.2, 0) is 0 Å². The zero-order valence-electron chi connectivity index (χ0n) is 11.3. The van der Waals surface area contributed by atoms with Crippen molar-refractivity contribution in [3.63, 3.8) is 0 Å². The Morgan fingerprint density at radius 2 is 2.16 bits per heavy atom. The normalized spacial score (nSPS) is 20.4. The molecule has 3 rings (SSSR count). The van der Waals surface area contributed by atoms with E-state index in [0.29, 0.717) is 6.04 Å². The third-order valence-corrected chi connectivity index (χ3v) is 3.88. The lowest BCUT2D eigenvalue weighted by molar-refractivity contribution is 0.0938. The summed E-state index contributed by atoms with van der Waals surface area (Å²) >= 11 is 0. The van der Waals surface area contributed by atoms with Crippen molar-refractivity contribution in [1.29, 1.82) is 0 Å². The van der Waals surface area contributed by atoms with E-state index in [0.717, 1.165) is 45.0 Å². The lowest BCUT2D eigenvalue weighted by atomic mass is 10.3. The first-order valence-electron chi connectivity index (χ1n) is 7.23. The number of nitrogens with zero attached hydrogens (tertiary/aromatic N) is 2. The molecule has 1 saturated carbocycles. The maximum atomic E-state index is 12.1. The summed E-state index contributed by atoms with van der Waals surface area (Å²) in [6.07, 6.45) is 4.42. The van der Waals surface area contributed by atoms with Gasteiger partial charge in [-0.15, -0.1) is 0 Å². The molecule has 19 heavy (non-hydrogen) atoms. The fourth-order valence-electron chi connectivity index (χ4n) is 2.61. The van der Waals surface area contributed by atoms with Gasteiger partial charge in [-0.3, -0.25) is 9.69 Å². The molecule has 0 radical (unpaired) electrons. The monoisotopic (exact) mass is 262 g/mol. The average molecular weight is 262 g/mol. The molecular weight excluding hydrogens is 240 g/mol. The minimum absolute atomic E-state index is 0.0621. The zero-order chi connectivity index (χ0) is 13.1. The van der Waals surface area contributed by atoms with E-state index < -0.39 is 0 Å². The summed E-state index contributed by atoms with van der Waals surface area (Å²) in [5.41, 5.74) is 0.808. The SMILES string of the molecule is O=C(NCCN1CCNCC1)c1cccn1C1CC1. The summed E-state index contributed by atoms with van der Waals surface area (Å²) in [6.45, 7) is 5.94. The van der Waals surface area contributed by atoms with Crippen molar-refractivity contribution in [3.8, 4) is 0 Å². The Labute approximate surface area is 114 Å². The molecule has 1 saturated heterocycles. The molecule has 0 atom stereocenters. The van der Waals surface area contributed by atoms with E-state index in [9.17, 15) is 4.79 Å². The van der Waals surface area contributed by atoms with Gasteiger partial charge < -0.3 is 15.2 Å². The molecule has 2 N–H and O–H groups in total. The Bertz CT molecular complexity index is 432. The molecule has 0 aromatic carbocycles. The molecule has 2 aliphatic rings. The summed E-state index contributed by atoms with van der Waals surface area (Å²) in [4.78, 5) is 14.5. The molecular formula is C14H22N4O. The maximum Gasteiger partial charge on any atom is 0.267 e. The molecule has 1 aliphatic heterocycles. The summed E-state index contributed by atoms with van der Waals surface area (Å²) in [6, 6.07) is 4.44. The van der Waals surface area contributed by atoms with Crippen LogP contribution in [-0.4, -0.2) is 54.6 Å². The molecule has 5 heteroatoms. The van der Waals surface area contributed by atoms with Gasteiger partial charge in [0.05, 0.1) is 0 Å². The van der Waals surface area contributed by atoms with E-state index in [4.69, 9.17) is 0 Å². The fraction of sp³-hybridized carbons (Fsp3) is 0.643. The largest absolute Gasteiger partial charge is 0.349 e. The third-order valence-electron chi connectivity index (χ3n) is 3.88. The molecule has 0 bridgehead atoms. The van der Waals surface area contributed by atoms with Crippen LogP contribution in [0.3, 0.4) is 0 Å². The third kappa shape index (κ3) is 3.16. The molecule has 1 aromatic heterocycles. The summed E-state index contributed by atoms with van der Waals surface area (Å²) in [5.74, 6) is 0.0621. The van der Waals surface area contributed by atoms with Crippen LogP contribution in [0.5, 0.6) is 0 Å². The average Bonchev–Trinajstić information content (AvgIpc) is 3.17. The Kier molecular flexibility index (Phi) is 3.84. The molecule has 2 fully saturated rings. The number of carbonyl (C=O) groups is 1. The lowest BCUT2D eigenvalue weighted by Crippen LogP contribution is -2.46. The van der Waals surface area contributed by atoms with Gasteiger partial charge in [0.1, 0.15) is 5.69 Å². The van der Waals surface area contributed by atoms with Gasteiger partial charge in [0.25, 0.3) is 5.91 Å². The Balaban J connectivity index is 1.46. The highest BCUT2D eigenvalue weighted by molar-refractivity contribution is 5.92. The smallest absolute Gasteiger partial charge is 0.267 e. The second-order valence-electron chi connectivity index (χ2n) is 5.38. The number of hydrogen-bond acceptors (Lipinski definition) is 3. The summed E-state index contributed by atoms with van der Waals surface area (Å²) in [7, 11) is 0. The van der Waals surface area contributed by atoms with Crippen LogP contribution in [0.2, 0.25) is 0 Å². The van der Waals surface area contributed by atoms with E-state index in [-0.39, 0.29) is 5.91 Å². The molecule has 0 unspecified atom stereocenters. The predicted molar refractivity (Wildman–Crippen MR) is 74.3 cm³/mol. The van der Waals surface area contributed by atoms with E-state index in [1.165, 1.54) is 12.8 Å². The molecule has 1 aliphatic carbocycles. The number of rotatable bonds is 5. The van der Waals surface area contributed by atoms with Gasteiger partial charge in [-0.1, -0.05) is 0 Å². The van der Waals surface area contributed by atoms with E-state index in [1.807, 2.05) is 18.3 Å². The van der Waals surface area contributed by atoms with E-state index in [2.05, 4.69) is 20.1 Å². The second kappa shape index (κ2) is 5.75. The van der Waals surface area contributed by atoms with Gasteiger partial charge in [0, 0.05) is 51.5 Å². The molecule has 1 amide bonds. The number of aromatic nitrogens is 1. The number of carbonyl (C=O) groups excluding carboxylic acids is 1. The van der Waals surface area contributed by atoms with Gasteiger partial charge in [-0.2, -0.15) is 0 Å². The Morgan fingerprint density at radius 1 is 1.37 bits per heavy atom. The lowest BCUT2D eigenvalue weighted by Gasteiger charge is -2.27. The zero-order valence-corrected chi connectivity index (χ0v) is 11.3. The quantitative estimate of drug-likeness (QED) is 0.810. The summed E-state index contributed by atoms with van der Waals surface area (Å²) < 4.78 is 2.11.